The first kappa shape index (κ1) is 25.1. The Hall–Kier alpha value is -5.21. The van der Waals surface area contributed by atoms with Crippen molar-refractivity contribution in [2.24, 2.45) is 7.05 Å². The molecule has 1 amide bonds. The molecular weight excluding hydrogens is 506 g/mol. The Morgan fingerprint density at radius 1 is 1.02 bits per heavy atom. The quantitative estimate of drug-likeness (QED) is 0.351. The Labute approximate surface area is 230 Å². The Kier molecular flexibility index (Phi) is 6.37. The van der Waals surface area contributed by atoms with Crippen molar-refractivity contribution in [2.45, 2.75) is 6.10 Å². The van der Waals surface area contributed by atoms with E-state index in [9.17, 15) is 15.2 Å². The zero-order valence-electron chi connectivity index (χ0n) is 21.8. The van der Waals surface area contributed by atoms with Crippen molar-refractivity contribution < 1.29 is 9.90 Å². The number of nitrogen functional groups attached to an aromatic ring is 1. The summed E-state index contributed by atoms with van der Waals surface area (Å²) in [6.07, 6.45) is 6.13. The van der Waals surface area contributed by atoms with Gasteiger partial charge in [0.1, 0.15) is 17.5 Å². The number of nitrogens with two attached hydrogens (primary N) is 1. The van der Waals surface area contributed by atoms with E-state index in [1.807, 2.05) is 55.8 Å². The third-order valence-electron chi connectivity index (χ3n) is 7.23. The first-order valence-electron chi connectivity index (χ1n) is 12.9. The summed E-state index contributed by atoms with van der Waals surface area (Å²) in [5.74, 6) is 0.661. The number of aryl methyl sites for hydroxylation is 1. The van der Waals surface area contributed by atoms with Crippen LogP contribution < -0.4 is 10.6 Å². The summed E-state index contributed by atoms with van der Waals surface area (Å²) in [5.41, 5.74) is 11.0. The number of piperazine rings is 1. The number of benzene rings is 1. The molecule has 0 unspecified atom stereocenters. The van der Waals surface area contributed by atoms with Crippen molar-refractivity contribution in [1.82, 2.24) is 29.3 Å². The van der Waals surface area contributed by atoms with Gasteiger partial charge in [-0.1, -0.05) is 30.3 Å². The lowest BCUT2D eigenvalue weighted by Gasteiger charge is -2.36. The molecule has 11 heteroatoms. The van der Waals surface area contributed by atoms with E-state index >= 15 is 0 Å². The topological polar surface area (TPSA) is 142 Å². The highest BCUT2D eigenvalue weighted by Crippen LogP contribution is 2.34. The van der Waals surface area contributed by atoms with E-state index in [4.69, 9.17) is 10.7 Å². The van der Waals surface area contributed by atoms with Gasteiger partial charge in [-0.15, -0.1) is 5.10 Å². The summed E-state index contributed by atoms with van der Waals surface area (Å²) in [4.78, 5) is 21.4. The van der Waals surface area contributed by atoms with Crippen LogP contribution in [0.5, 0.6) is 0 Å². The van der Waals surface area contributed by atoms with Gasteiger partial charge in [-0.2, -0.15) is 10.4 Å². The van der Waals surface area contributed by atoms with Crippen molar-refractivity contribution in [3.8, 4) is 28.3 Å². The summed E-state index contributed by atoms with van der Waals surface area (Å²) >= 11 is 0. The molecule has 6 rings (SSSR count). The minimum atomic E-state index is -1.17. The van der Waals surface area contributed by atoms with E-state index in [-0.39, 0.29) is 11.7 Å². The first-order valence-corrected chi connectivity index (χ1v) is 12.9. The number of carbonyl (C=O) groups excluding carboxylic acids is 1. The van der Waals surface area contributed by atoms with Gasteiger partial charge >= 0.3 is 0 Å². The van der Waals surface area contributed by atoms with E-state index in [1.54, 1.807) is 38.6 Å². The van der Waals surface area contributed by atoms with Crippen LogP contribution in [0.25, 0.3) is 27.8 Å². The molecule has 1 fully saturated rings. The lowest BCUT2D eigenvalue weighted by molar-refractivity contribution is -0.140. The van der Waals surface area contributed by atoms with Gasteiger partial charge in [0.05, 0.1) is 11.7 Å². The van der Waals surface area contributed by atoms with Crippen LogP contribution in [0, 0.1) is 11.3 Å². The SMILES string of the molecule is Cn1cc(-c2cc(-c3ccc(N4CCN(C(=O)[C@@H](O)c5ccccc5)CC4)nc3)c3c(C#N)c(N)nn3c2)cn1. The predicted molar refractivity (Wildman–Crippen MR) is 150 cm³/mol. The van der Waals surface area contributed by atoms with E-state index in [0.29, 0.717) is 42.8 Å². The summed E-state index contributed by atoms with van der Waals surface area (Å²) in [6, 6.07) is 17.0. The predicted octanol–water partition coefficient (Wildman–Crippen LogP) is 2.63. The Morgan fingerprint density at radius 3 is 2.45 bits per heavy atom. The molecule has 1 atom stereocenters. The van der Waals surface area contributed by atoms with E-state index in [1.165, 1.54) is 0 Å². The number of hydrogen-bond donors (Lipinski definition) is 2. The number of fused-ring (bicyclic) bond motifs is 1. The van der Waals surface area contributed by atoms with Crippen LogP contribution in [-0.4, -0.2) is 66.5 Å². The summed E-state index contributed by atoms with van der Waals surface area (Å²) in [7, 11) is 1.85. The zero-order valence-corrected chi connectivity index (χ0v) is 21.8. The summed E-state index contributed by atoms with van der Waals surface area (Å²) in [5, 5.41) is 28.9. The molecule has 0 spiro atoms. The number of aliphatic hydroxyl groups is 1. The van der Waals surface area contributed by atoms with Crippen molar-refractivity contribution >= 4 is 23.1 Å². The highest BCUT2D eigenvalue weighted by Gasteiger charge is 2.27. The lowest BCUT2D eigenvalue weighted by Crippen LogP contribution is -2.50. The molecule has 1 aliphatic rings. The van der Waals surface area contributed by atoms with E-state index < -0.39 is 6.10 Å². The molecule has 4 aromatic heterocycles. The van der Waals surface area contributed by atoms with E-state index in [2.05, 4.69) is 21.2 Å². The van der Waals surface area contributed by atoms with Gasteiger partial charge in [-0.25, -0.2) is 9.50 Å². The summed E-state index contributed by atoms with van der Waals surface area (Å²) in [6.45, 7) is 2.16. The maximum Gasteiger partial charge on any atom is 0.256 e. The number of carbonyl (C=O) groups is 1. The van der Waals surface area contributed by atoms with E-state index in [0.717, 1.165) is 28.1 Å². The van der Waals surface area contributed by atoms with Gasteiger partial charge in [-0.3, -0.25) is 9.48 Å². The molecule has 0 aliphatic carbocycles. The standard InChI is InChI=1S/C29H27N9O2/c1-35-17-22(16-33-35)21-13-23(26-24(14-30)28(31)34-38(26)18-21)20-7-8-25(32-15-20)36-9-11-37(12-10-36)29(40)27(39)19-5-3-2-4-6-19/h2-8,13,15-18,27,39H,9-12H2,1H3,(H2,31,34)/t27-/m0/s1. The smallest absolute Gasteiger partial charge is 0.256 e. The fourth-order valence-corrected chi connectivity index (χ4v) is 5.09. The van der Waals surface area contributed by atoms with Crippen LogP contribution in [0.1, 0.15) is 17.2 Å². The Bertz CT molecular complexity index is 1730. The van der Waals surface area contributed by atoms with Gasteiger partial charge in [0.25, 0.3) is 5.91 Å². The molecule has 5 heterocycles. The number of pyridine rings is 2. The highest BCUT2D eigenvalue weighted by atomic mass is 16.3. The molecule has 3 N–H and O–H groups in total. The van der Waals surface area contributed by atoms with Crippen molar-refractivity contribution in [3.63, 3.8) is 0 Å². The number of nitriles is 1. The maximum absolute atomic E-state index is 12.8. The molecule has 0 saturated carbocycles. The monoisotopic (exact) mass is 533 g/mol. The van der Waals surface area contributed by atoms with Crippen LogP contribution in [0.15, 0.2) is 73.3 Å². The molecule has 0 bridgehead atoms. The first-order chi connectivity index (χ1) is 19.4. The van der Waals surface area contributed by atoms with Crippen molar-refractivity contribution in [2.75, 3.05) is 36.8 Å². The number of rotatable bonds is 5. The number of aromatic nitrogens is 5. The number of anilines is 2. The zero-order chi connectivity index (χ0) is 27.8. The lowest BCUT2D eigenvalue weighted by atomic mass is 10.0. The molecule has 1 saturated heterocycles. The second-order valence-corrected chi connectivity index (χ2v) is 9.74. The molecule has 200 valence electrons. The Balaban J connectivity index is 1.24. The van der Waals surface area contributed by atoms with Crippen LogP contribution in [0.2, 0.25) is 0 Å². The average molecular weight is 534 g/mol. The van der Waals surface area contributed by atoms with Crippen LogP contribution >= 0.6 is 0 Å². The third kappa shape index (κ3) is 4.50. The van der Waals surface area contributed by atoms with Gasteiger partial charge < -0.3 is 20.6 Å². The average Bonchev–Trinajstić information content (AvgIpc) is 3.58. The second kappa shape index (κ2) is 10.2. The molecule has 5 aromatic rings. The largest absolute Gasteiger partial charge is 0.381 e. The normalized spacial score (nSPS) is 14.3. The van der Waals surface area contributed by atoms with Gasteiger partial charge in [0.15, 0.2) is 11.9 Å². The van der Waals surface area contributed by atoms with Crippen LogP contribution in [-0.2, 0) is 11.8 Å². The Morgan fingerprint density at radius 2 is 1.80 bits per heavy atom. The molecule has 11 nitrogen and oxygen atoms in total. The number of nitrogens with zero attached hydrogens (tertiary/aromatic N) is 8. The van der Waals surface area contributed by atoms with Crippen molar-refractivity contribution in [1.29, 1.82) is 5.26 Å². The minimum absolute atomic E-state index is 0.168. The fraction of sp³-hybridized carbons (Fsp3) is 0.207. The van der Waals surface area contributed by atoms with Gasteiger partial charge in [0.2, 0.25) is 0 Å². The highest BCUT2D eigenvalue weighted by molar-refractivity contribution is 5.90. The maximum atomic E-state index is 12.8. The summed E-state index contributed by atoms with van der Waals surface area (Å²) < 4.78 is 3.36. The number of amides is 1. The second-order valence-electron chi connectivity index (χ2n) is 9.74. The number of hydrogen-bond acceptors (Lipinski definition) is 8. The fourth-order valence-electron chi connectivity index (χ4n) is 5.09. The van der Waals surface area contributed by atoms with Crippen LogP contribution in [0.4, 0.5) is 11.6 Å². The third-order valence-corrected chi connectivity index (χ3v) is 7.23. The molecule has 40 heavy (non-hydrogen) atoms. The number of aliphatic hydroxyl groups excluding tert-OH is 1. The van der Waals surface area contributed by atoms with Crippen molar-refractivity contribution in [3.05, 3.63) is 84.4 Å². The molecule has 1 aromatic carbocycles. The minimum Gasteiger partial charge on any atom is -0.381 e. The van der Waals surface area contributed by atoms with Gasteiger partial charge in [-0.05, 0) is 23.8 Å². The molecular formula is C29H27N9O2. The molecule has 1 aliphatic heterocycles. The van der Waals surface area contributed by atoms with Gasteiger partial charge in [0, 0.05) is 74.1 Å². The van der Waals surface area contributed by atoms with Crippen LogP contribution in [0.3, 0.4) is 0 Å². The molecule has 0 radical (unpaired) electrons.